The van der Waals surface area contributed by atoms with Crippen molar-refractivity contribution in [3.63, 3.8) is 0 Å². The first-order valence-electron chi connectivity index (χ1n) is 7.04. The summed E-state index contributed by atoms with van der Waals surface area (Å²) in [5.41, 5.74) is 1.90. The summed E-state index contributed by atoms with van der Waals surface area (Å²) < 4.78 is 0. The van der Waals surface area contributed by atoms with Crippen molar-refractivity contribution in [3.05, 3.63) is 33.9 Å². The quantitative estimate of drug-likeness (QED) is 0.655. The Morgan fingerprint density at radius 2 is 2.16 bits per heavy atom. The predicted octanol–water partition coefficient (Wildman–Crippen LogP) is 4.14. The van der Waals surface area contributed by atoms with Crippen LogP contribution in [0.25, 0.3) is 0 Å². The predicted molar refractivity (Wildman–Crippen MR) is 77.4 cm³/mol. The van der Waals surface area contributed by atoms with Gasteiger partial charge in [0, 0.05) is 23.4 Å². The van der Waals surface area contributed by atoms with E-state index in [0.29, 0.717) is 17.5 Å². The summed E-state index contributed by atoms with van der Waals surface area (Å²) in [6, 6.07) is 5.78. The number of benzene rings is 1. The molecule has 1 aromatic rings. The van der Waals surface area contributed by atoms with E-state index in [1.807, 2.05) is 12.1 Å². The smallest absolute Gasteiger partial charge is 0.272 e. The Morgan fingerprint density at radius 1 is 1.42 bits per heavy atom. The summed E-state index contributed by atoms with van der Waals surface area (Å²) >= 11 is 0. The zero-order chi connectivity index (χ0) is 14.0. The number of nitro groups is 1. The molecule has 3 atom stereocenters. The first-order chi connectivity index (χ1) is 9.02. The summed E-state index contributed by atoms with van der Waals surface area (Å²) in [4.78, 5) is 10.5. The van der Waals surface area contributed by atoms with E-state index < -0.39 is 0 Å². The lowest BCUT2D eigenvalue weighted by Crippen LogP contribution is -2.24. The first-order valence-corrected chi connectivity index (χ1v) is 7.04. The Hall–Kier alpha value is -1.58. The Kier molecular flexibility index (Phi) is 4.08. The van der Waals surface area contributed by atoms with Crippen LogP contribution in [-0.2, 0) is 0 Å². The summed E-state index contributed by atoms with van der Waals surface area (Å²) in [6.07, 6.45) is 3.70. The van der Waals surface area contributed by atoms with E-state index in [0.717, 1.165) is 11.6 Å². The molecule has 4 nitrogen and oxygen atoms in total. The Bertz CT molecular complexity index is 473. The van der Waals surface area contributed by atoms with E-state index in [1.54, 1.807) is 13.0 Å². The summed E-state index contributed by atoms with van der Waals surface area (Å²) in [7, 11) is 0. The highest BCUT2D eigenvalue weighted by Gasteiger charge is 2.31. The highest BCUT2D eigenvalue weighted by molar-refractivity contribution is 5.54. The number of rotatable bonds is 4. The fourth-order valence-corrected chi connectivity index (χ4v) is 3.19. The average molecular weight is 262 g/mol. The molecule has 1 saturated carbocycles. The second-order valence-electron chi connectivity index (χ2n) is 5.61. The van der Waals surface area contributed by atoms with Gasteiger partial charge in [0.25, 0.3) is 5.69 Å². The molecule has 1 aliphatic rings. The minimum absolute atomic E-state index is 0.191. The second-order valence-corrected chi connectivity index (χ2v) is 5.61. The van der Waals surface area contributed by atoms with E-state index in [2.05, 4.69) is 19.2 Å². The van der Waals surface area contributed by atoms with Crippen molar-refractivity contribution in [2.24, 2.45) is 11.8 Å². The SMILES string of the molecule is CCC1CCC(Nc2ccc([N+](=O)[O-])c(C)c2)C1C. The lowest BCUT2D eigenvalue weighted by atomic mass is 9.93. The number of aryl methyl sites for hydroxylation is 1. The first kappa shape index (κ1) is 13.8. The third-order valence-electron chi connectivity index (χ3n) is 4.50. The van der Waals surface area contributed by atoms with Gasteiger partial charge in [-0.3, -0.25) is 10.1 Å². The fourth-order valence-electron chi connectivity index (χ4n) is 3.19. The van der Waals surface area contributed by atoms with Crippen LogP contribution in [0.3, 0.4) is 0 Å². The van der Waals surface area contributed by atoms with Gasteiger partial charge in [0.1, 0.15) is 0 Å². The minimum Gasteiger partial charge on any atom is -0.382 e. The van der Waals surface area contributed by atoms with Crippen LogP contribution >= 0.6 is 0 Å². The number of nitro benzene ring substituents is 1. The molecule has 3 unspecified atom stereocenters. The van der Waals surface area contributed by atoms with E-state index in [9.17, 15) is 10.1 Å². The van der Waals surface area contributed by atoms with Crippen molar-refractivity contribution in [1.82, 2.24) is 0 Å². The summed E-state index contributed by atoms with van der Waals surface area (Å²) in [6.45, 7) is 6.34. The number of nitrogens with one attached hydrogen (secondary N) is 1. The molecule has 0 aromatic heterocycles. The van der Waals surface area contributed by atoms with Gasteiger partial charge in [-0.05, 0) is 43.7 Å². The van der Waals surface area contributed by atoms with Gasteiger partial charge in [-0.2, -0.15) is 0 Å². The molecule has 0 radical (unpaired) electrons. The molecule has 1 N–H and O–H groups in total. The minimum atomic E-state index is -0.329. The van der Waals surface area contributed by atoms with Gasteiger partial charge in [-0.1, -0.05) is 20.3 Å². The number of anilines is 1. The normalized spacial score (nSPS) is 26.4. The lowest BCUT2D eigenvalue weighted by Gasteiger charge is -2.22. The monoisotopic (exact) mass is 262 g/mol. The average Bonchev–Trinajstić information content (AvgIpc) is 2.70. The van der Waals surface area contributed by atoms with Gasteiger partial charge in [0.05, 0.1) is 4.92 Å². The van der Waals surface area contributed by atoms with Crippen molar-refractivity contribution < 1.29 is 4.92 Å². The molecule has 1 aromatic carbocycles. The van der Waals surface area contributed by atoms with Crippen LogP contribution in [0.5, 0.6) is 0 Å². The van der Waals surface area contributed by atoms with E-state index in [1.165, 1.54) is 19.3 Å². The lowest BCUT2D eigenvalue weighted by molar-refractivity contribution is -0.385. The van der Waals surface area contributed by atoms with Crippen molar-refractivity contribution in [2.75, 3.05) is 5.32 Å². The molecule has 1 fully saturated rings. The standard InChI is InChI=1S/C15H22N2O2/c1-4-12-5-7-14(11(12)3)16-13-6-8-15(17(18)19)10(2)9-13/h6,8-9,11-12,14,16H,4-5,7H2,1-3H3. The van der Waals surface area contributed by atoms with Crippen molar-refractivity contribution in [2.45, 2.75) is 46.1 Å². The van der Waals surface area contributed by atoms with Crippen LogP contribution in [0.4, 0.5) is 11.4 Å². The molecule has 2 rings (SSSR count). The van der Waals surface area contributed by atoms with Crippen molar-refractivity contribution >= 4 is 11.4 Å². The van der Waals surface area contributed by atoms with Crippen molar-refractivity contribution in [1.29, 1.82) is 0 Å². The van der Waals surface area contributed by atoms with Gasteiger partial charge in [-0.15, -0.1) is 0 Å². The molecule has 0 saturated heterocycles. The highest BCUT2D eigenvalue weighted by atomic mass is 16.6. The van der Waals surface area contributed by atoms with Crippen LogP contribution in [0.1, 0.15) is 38.7 Å². The molecule has 104 valence electrons. The van der Waals surface area contributed by atoms with Crippen LogP contribution in [0.2, 0.25) is 0 Å². The molecule has 0 spiro atoms. The van der Waals surface area contributed by atoms with Gasteiger partial charge < -0.3 is 5.32 Å². The maximum absolute atomic E-state index is 10.8. The Morgan fingerprint density at radius 3 is 2.68 bits per heavy atom. The maximum atomic E-state index is 10.8. The van der Waals surface area contributed by atoms with Gasteiger partial charge in [-0.25, -0.2) is 0 Å². The number of hydrogen-bond acceptors (Lipinski definition) is 3. The zero-order valence-electron chi connectivity index (χ0n) is 11.8. The number of nitrogens with zero attached hydrogens (tertiary/aromatic N) is 1. The van der Waals surface area contributed by atoms with E-state index >= 15 is 0 Å². The van der Waals surface area contributed by atoms with Gasteiger partial charge >= 0.3 is 0 Å². The molecule has 0 amide bonds. The molecular weight excluding hydrogens is 240 g/mol. The van der Waals surface area contributed by atoms with E-state index in [4.69, 9.17) is 0 Å². The largest absolute Gasteiger partial charge is 0.382 e. The molecule has 4 heteroatoms. The maximum Gasteiger partial charge on any atom is 0.272 e. The summed E-state index contributed by atoms with van der Waals surface area (Å²) in [5.74, 6) is 1.47. The van der Waals surface area contributed by atoms with Gasteiger partial charge in [0.2, 0.25) is 0 Å². The second kappa shape index (κ2) is 5.59. The molecule has 0 heterocycles. The van der Waals surface area contributed by atoms with Crippen LogP contribution in [0, 0.1) is 28.9 Å². The third kappa shape index (κ3) is 2.88. The van der Waals surface area contributed by atoms with Gasteiger partial charge in [0.15, 0.2) is 0 Å². The molecule has 0 bridgehead atoms. The molecule has 0 aliphatic heterocycles. The van der Waals surface area contributed by atoms with Crippen LogP contribution < -0.4 is 5.32 Å². The fraction of sp³-hybridized carbons (Fsp3) is 0.600. The molecule has 19 heavy (non-hydrogen) atoms. The van der Waals surface area contributed by atoms with Crippen LogP contribution in [0.15, 0.2) is 18.2 Å². The zero-order valence-corrected chi connectivity index (χ0v) is 11.8. The van der Waals surface area contributed by atoms with Crippen LogP contribution in [-0.4, -0.2) is 11.0 Å². The topological polar surface area (TPSA) is 55.2 Å². The molecular formula is C15H22N2O2. The Balaban J connectivity index is 2.08. The van der Waals surface area contributed by atoms with E-state index in [-0.39, 0.29) is 10.6 Å². The third-order valence-corrected chi connectivity index (χ3v) is 4.50. The highest BCUT2D eigenvalue weighted by Crippen LogP contribution is 2.36. The summed E-state index contributed by atoms with van der Waals surface area (Å²) in [5, 5.41) is 14.3. The van der Waals surface area contributed by atoms with Crippen molar-refractivity contribution in [3.8, 4) is 0 Å². The number of hydrogen-bond donors (Lipinski definition) is 1. The molecule has 1 aliphatic carbocycles. The Labute approximate surface area is 114 Å².